The maximum Gasteiger partial charge on any atom is 0.0410 e. The third-order valence-corrected chi connectivity index (χ3v) is 3.65. The first-order valence-corrected chi connectivity index (χ1v) is 8.12. The number of nitrogens with one attached hydrogen (secondary N) is 1. The van der Waals surface area contributed by atoms with Crippen molar-refractivity contribution in [3.8, 4) is 0 Å². The second-order valence-electron chi connectivity index (χ2n) is 5.93. The average molecular weight is 297 g/mol. The molecule has 0 saturated carbocycles. The van der Waals surface area contributed by atoms with E-state index in [9.17, 15) is 0 Å². The number of benzene rings is 1. The molecule has 0 aromatic heterocycles. The van der Waals surface area contributed by atoms with Gasteiger partial charge in [0.1, 0.15) is 0 Å². The lowest BCUT2D eigenvalue weighted by Gasteiger charge is -2.23. The molecule has 0 saturated heterocycles. The summed E-state index contributed by atoms with van der Waals surface area (Å²) in [5.41, 5.74) is 2.58. The molecule has 0 aliphatic heterocycles. The molecule has 0 atom stereocenters. The van der Waals surface area contributed by atoms with Crippen LogP contribution in [0.2, 0.25) is 5.02 Å². The fourth-order valence-corrected chi connectivity index (χ4v) is 2.48. The number of hydrogen-bond donors (Lipinski definition) is 1. The minimum Gasteiger partial charge on any atom is -0.374 e. The molecule has 2 nitrogen and oxygen atoms in total. The molecule has 114 valence electrons. The van der Waals surface area contributed by atoms with Gasteiger partial charge in [-0.2, -0.15) is 0 Å². The molecule has 3 heteroatoms. The van der Waals surface area contributed by atoms with E-state index in [0.717, 1.165) is 24.7 Å². The van der Waals surface area contributed by atoms with Gasteiger partial charge in [0.15, 0.2) is 0 Å². The van der Waals surface area contributed by atoms with Crippen molar-refractivity contribution in [2.45, 2.75) is 46.6 Å². The zero-order valence-electron chi connectivity index (χ0n) is 13.4. The monoisotopic (exact) mass is 296 g/mol. The Morgan fingerprint density at radius 2 is 2.00 bits per heavy atom. The van der Waals surface area contributed by atoms with Gasteiger partial charge < -0.3 is 10.2 Å². The predicted molar refractivity (Wildman–Crippen MR) is 90.8 cm³/mol. The smallest absolute Gasteiger partial charge is 0.0410 e. The fourth-order valence-electron chi connectivity index (χ4n) is 2.28. The van der Waals surface area contributed by atoms with Crippen LogP contribution in [-0.2, 0) is 6.54 Å². The van der Waals surface area contributed by atoms with E-state index in [1.165, 1.54) is 30.5 Å². The Bertz CT molecular complexity index is 391. The van der Waals surface area contributed by atoms with Gasteiger partial charge in [-0.25, -0.2) is 0 Å². The van der Waals surface area contributed by atoms with Crippen LogP contribution in [0.3, 0.4) is 0 Å². The molecular formula is C17H29ClN2. The van der Waals surface area contributed by atoms with Crippen molar-refractivity contribution >= 4 is 17.3 Å². The van der Waals surface area contributed by atoms with Gasteiger partial charge in [-0.1, -0.05) is 45.2 Å². The quantitative estimate of drug-likeness (QED) is 0.664. The Labute approximate surface area is 129 Å². The number of nitrogens with zero attached hydrogens (tertiary/aromatic N) is 1. The number of halogens is 1. The van der Waals surface area contributed by atoms with Crippen LogP contribution in [0.15, 0.2) is 18.2 Å². The van der Waals surface area contributed by atoms with Gasteiger partial charge in [-0.3, -0.25) is 0 Å². The average Bonchev–Trinajstić information content (AvgIpc) is 2.38. The molecule has 20 heavy (non-hydrogen) atoms. The number of unbranched alkanes of at least 4 members (excludes halogenated alkanes) is 2. The number of anilines is 1. The molecule has 0 amide bonds. The van der Waals surface area contributed by atoms with E-state index in [1.807, 2.05) is 6.07 Å². The Balaban J connectivity index is 2.68. The summed E-state index contributed by atoms with van der Waals surface area (Å²) in [5.74, 6) is 0.667. The van der Waals surface area contributed by atoms with Crippen molar-refractivity contribution in [1.29, 1.82) is 0 Å². The summed E-state index contributed by atoms with van der Waals surface area (Å²) < 4.78 is 0. The lowest BCUT2D eigenvalue weighted by molar-refractivity contribution is 0.552. The fraction of sp³-hybridized carbons (Fsp3) is 0.647. The molecule has 0 bridgehead atoms. The third-order valence-electron chi connectivity index (χ3n) is 3.42. The maximum absolute atomic E-state index is 6.14. The zero-order valence-corrected chi connectivity index (χ0v) is 14.1. The van der Waals surface area contributed by atoms with Crippen LogP contribution in [0.5, 0.6) is 0 Å². The first-order valence-electron chi connectivity index (χ1n) is 7.74. The van der Waals surface area contributed by atoms with Crippen molar-refractivity contribution in [3.63, 3.8) is 0 Å². The summed E-state index contributed by atoms with van der Waals surface area (Å²) in [6, 6.07) is 6.21. The highest BCUT2D eigenvalue weighted by Crippen LogP contribution is 2.24. The standard InChI is InChI=1S/C17H29ClN2/c1-5-6-7-10-20(4)17-9-8-16(18)11-15(17)13-19-12-14(2)3/h8-9,11,14,19H,5-7,10,12-13H2,1-4H3. The molecule has 1 N–H and O–H groups in total. The van der Waals surface area contributed by atoms with Gasteiger partial charge in [-0.15, -0.1) is 0 Å². The van der Waals surface area contributed by atoms with E-state index < -0.39 is 0 Å². The molecule has 0 fully saturated rings. The van der Waals surface area contributed by atoms with Crippen molar-refractivity contribution in [2.75, 3.05) is 25.0 Å². The van der Waals surface area contributed by atoms with Gasteiger partial charge in [-0.05, 0) is 42.6 Å². The van der Waals surface area contributed by atoms with Crippen molar-refractivity contribution in [1.82, 2.24) is 5.32 Å². The SMILES string of the molecule is CCCCCN(C)c1ccc(Cl)cc1CNCC(C)C. The first-order chi connectivity index (χ1) is 9.54. The largest absolute Gasteiger partial charge is 0.374 e. The van der Waals surface area contributed by atoms with E-state index in [2.05, 4.69) is 50.2 Å². The lowest BCUT2D eigenvalue weighted by atomic mass is 10.1. The molecule has 0 aliphatic carbocycles. The van der Waals surface area contributed by atoms with Gasteiger partial charge in [0, 0.05) is 30.8 Å². The normalized spacial score (nSPS) is 11.1. The Morgan fingerprint density at radius 1 is 1.25 bits per heavy atom. The summed E-state index contributed by atoms with van der Waals surface area (Å²) in [6.45, 7) is 9.71. The van der Waals surface area contributed by atoms with Crippen molar-refractivity contribution in [3.05, 3.63) is 28.8 Å². The number of hydrogen-bond acceptors (Lipinski definition) is 2. The Morgan fingerprint density at radius 3 is 2.65 bits per heavy atom. The second kappa shape index (κ2) is 9.25. The lowest BCUT2D eigenvalue weighted by Crippen LogP contribution is -2.23. The minimum atomic E-state index is 0.667. The molecule has 0 spiro atoms. The molecular weight excluding hydrogens is 268 g/mol. The highest BCUT2D eigenvalue weighted by Gasteiger charge is 2.08. The van der Waals surface area contributed by atoms with E-state index in [4.69, 9.17) is 11.6 Å². The van der Waals surface area contributed by atoms with Crippen molar-refractivity contribution < 1.29 is 0 Å². The molecule has 0 heterocycles. The van der Waals surface area contributed by atoms with E-state index in [1.54, 1.807) is 0 Å². The summed E-state index contributed by atoms with van der Waals surface area (Å²) in [5, 5.41) is 4.32. The highest BCUT2D eigenvalue weighted by atomic mass is 35.5. The van der Waals surface area contributed by atoms with Gasteiger partial charge in [0.05, 0.1) is 0 Å². The van der Waals surface area contributed by atoms with E-state index in [-0.39, 0.29) is 0 Å². The summed E-state index contributed by atoms with van der Waals surface area (Å²) >= 11 is 6.14. The first kappa shape index (κ1) is 17.3. The summed E-state index contributed by atoms with van der Waals surface area (Å²) in [7, 11) is 2.17. The van der Waals surface area contributed by atoms with Crippen LogP contribution in [0.25, 0.3) is 0 Å². The zero-order chi connectivity index (χ0) is 15.0. The van der Waals surface area contributed by atoms with Crippen LogP contribution < -0.4 is 10.2 Å². The third kappa shape index (κ3) is 6.15. The molecule has 1 aromatic rings. The summed E-state index contributed by atoms with van der Waals surface area (Å²) in [4.78, 5) is 2.35. The minimum absolute atomic E-state index is 0.667. The van der Waals surface area contributed by atoms with Crippen LogP contribution >= 0.6 is 11.6 Å². The van der Waals surface area contributed by atoms with Gasteiger partial charge in [0.2, 0.25) is 0 Å². The van der Waals surface area contributed by atoms with Crippen molar-refractivity contribution in [2.24, 2.45) is 5.92 Å². The summed E-state index contributed by atoms with van der Waals surface area (Å²) in [6.07, 6.45) is 3.80. The van der Waals surface area contributed by atoms with Crippen LogP contribution in [0.4, 0.5) is 5.69 Å². The Hall–Kier alpha value is -0.730. The second-order valence-corrected chi connectivity index (χ2v) is 6.36. The molecule has 1 rings (SSSR count). The molecule has 0 aliphatic rings. The van der Waals surface area contributed by atoms with Crippen LogP contribution in [0.1, 0.15) is 45.6 Å². The topological polar surface area (TPSA) is 15.3 Å². The van der Waals surface area contributed by atoms with Crippen LogP contribution in [0, 0.1) is 5.92 Å². The Kier molecular flexibility index (Phi) is 8.01. The van der Waals surface area contributed by atoms with Crippen LogP contribution in [-0.4, -0.2) is 20.1 Å². The molecule has 0 radical (unpaired) electrons. The maximum atomic E-state index is 6.14. The van der Waals surface area contributed by atoms with E-state index in [0.29, 0.717) is 5.92 Å². The molecule has 1 aromatic carbocycles. The van der Waals surface area contributed by atoms with Gasteiger partial charge >= 0.3 is 0 Å². The predicted octanol–water partition coefficient (Wildman–Crippen LogP) is 4.71. The van der Waals surface area contributed by atoms with Gasteiger partial charge in [0.25, 0.3) is 0 Å². The van der Waals surface area contributed by atoms with E-state index >= 15 is 0 Å². The number of rotatable bonds is 9. The highest BCUT2D eigenvalue weighted by molar-refractivity contribution is 6.30. The molecule has 0 unspecified atom stereocenters.